The van der Waals surface area contributed by atoms with Crippen molar-refractivity contribution in [2.24, 2.45) is 0 Å². The fraction of sp³-hybridized carbons (Fsp3) is 0.462. The van der Waals surface area contributed by atoms with Gasteiger partial charge < -0.3 is 10.1 Å². The third-order valence-electron chi connectivity index (χ3n) is 2.41. The second-order valence-electron chi connectivity index (χ2n) is 3.72. The number of methoxy groups -OCH3 is 1. The van der Waals surface area contributed by atoms with Gasteiger partial charge in [0.1, 0.15) is 6.04 Å². The van der Waals surface area contributed by atoms with Crippen LogP contribution >= 0.6 is 27.7 Å². The number of hydrogen-bond acceptors (Lipinski definition) is 4. The first-order valence-corrected chi connectivity index (χ1v) is 7.79. The first-order valence-electron chi connectivity index (χ1n) is 5.85. The number of hydrogen-bond donors (Lipinski definition) is 1. The van der Waals surface area contributed by atoms with E-state index >= 15 is 0 Å². The van der Waals surface area contributed by atoms with Gasteiger partial charge in [0, 0.05) is 10.2 Å². The summed E-state index contributed by atoms with van der Waals surface area (Å²) in [6, 6.07) is 7.48. The molecule has 1 N–H and O–H groups in total. The van der Waals surface area contributed by atoms with E-state index in [0.717, 1.165) is 28.1 Å². The lowest BCUT2D eigenvalue weighted by atomic mass is 10.2. The standard InChI is InChI=1S/C13H18BrNO2S/c1-3-18-8-7-12(13(16)17-2)15-11-6-4-5-10(14)9-11/h4-6,9,12,15H,3,7-8H2,1-2H3. The summed E-state index contributed by atoms with van der Waals surface area (Å²) in [5, 5.41) is 3.21. The zero-order valence-corrected chi connectivity index (χ0v) is 13.0. The summed E-state index contributed by atoms with van der Waals surface area (Å²) >= 11 is 5.23. The van der Waals surface area contributed by atoms with E-state index in [1.165, 1.54) is 7.11 Å². The number of esters is 1. The van der Waals surface area contributed by atoms with Crippen molar-refractivity contribution in [3.63, 3.8) is 0 Å². The highest BCUT2D eigenvalue weighted by Crippen LogP contribution is 2.18. The molecular weight excluding hydrogens is 314 g/mol. The maximum atomic E-state index is 11.7. The normalized spacial score (nSPS) is 11.9. The molecule has 0 fully saturated rings. The first kappa shape index (κ1) is 15.4. The van der Waals surface area contributed by atoms with Gasteiger partial charge in [0.2, 0.25) is 0 Å². The van der Waals surface area contributed by atoms with E-state index in [-0.39, 0.29) is 12.0 Å². The summed E-state index contributed by atoms with van der Waals surface area (Å²) in [6.45, 7) is 2.11. The maximum absolute atomic E-state index is 11.7. The van der Waals surface area contributed by atoms with Gasteiger partial charge in [0.25, 0.3) is 0 Å². The van der Waals surface area contributed by atoms with E-state index in [9.17, 15) is 4.79 Å². The number of nitrogens with one attached hydrogen (secondary N) is 1. The number of thioether (sulfide) groups is 1. The van der Waals surface area contributed by atoms with Crippen molar-refractivity contribution in [2.45, 2.75) is 19.4 Å². The zero-order valence-electron chi connectivity index (χ0n) is 10.6. The molecule has 0 saturated carbocycles. The molecule has 0 spiro atoms. The van der Waals surface area contributed by atoms with Crippen LogP contribution in [0.3, 0.4) is 0 Å². The van der Waals surface area contributed by atoms with Gasteiger partial charge in [-0.05, 0) is 36.1 Å². The Hall–Kier alpha value is -0.680. The van der Waals surface area contributed by atoms with Crippen LogP contribution in [0.4, 0.5) is 5.69 Å². The highest BCUT2D eigenvalue weighted by Gasteiger charge is 2.18. The van der Waals surface area contributed by atoms with E-state index in [2.05, 4.69) is 28.2 Å². The minimum absolute atomic E-state index is 0.216. The van der Waals surface area contributed by atoms with Crippen molar-refractivity contribution in [1.29, 1.82) is 0 Å². The van der Waals surface area contributed by atoms with Crippen LogP contribution in [0.5, 0.6) is 0 Å². The maximum Gasteiger partial charge on any atom is 0.328 e. The van der Waals surface area contributed by atoms with E-state index in [1.807, 2.05) is 36.0 Å². The fourth-order valence-corrected chi connectivity index (χ4v) is 2.61. The van der Waals surface area contributed by atoms with Crippen molar-refractivity contribution >= 4 is 39.3 Å². The average molecular weight is 332 g/mol. The number of ether oxygens (including phenoxy) is 1. The van der Waals surface area contributed by atoms with Crippen LogP contribution in [0.1, 0.15) is 13.3 Å². The summed E-state index contributed by atoms with van der Waals surface area (Å²) in [5.41, 5.74) is 0.918. The summed E-state index contributed by atoms with van der Waals surface area (Å²) in [5.74, 6) is 1.79. The van der Waals surface area contributed by atoms with Gasteiger partial charge in [-0.2, -0.15) is 11.8 Å². The highest BCUT2D eigenvalue weighted by atomic mass is 79.9. The van der Waals surface area contributed by atoms with Gasteiger partial charge in [0.05, 0.1) is 7.11 Å². The molecule has 1 aromatic carbocycles. The Morgan fingerprint density at radius 3 is 2.94 bits per heavy atom. The highest BCUT2D eigenvalue weighted by molar-refractivity contribution is 9.10. The molecule has 3 nitrogen and oxygen atoms in total. The number of carbonyl (C=O) groups excluding carboxylic acids is 1. The molecular formula is C13H18BrNO2S. The van der Waals surface area contributed by atoms with Crippen LogP contribution in [0.15, 0.2) is 28.7 Å². The molecule has 1 atom stereocenters. The first-order chi connectivity index (χ1) is 8.67. The lowest BCUT2D eigenvalue weighted by molar-refractivity contribution is -0.141. The van der Waals surface area contributed by atoms with Gasteiger partial charge in [-0.1, -0.05) is 28.9 Å². The molecule has 0 aliphatic rings. The van der Waals surface area contributed by atoms with E-state index in [0.29, 0.717) is 0 Å². The van der Waals surface area contributed by atoms with Gasteiger partial charge in [-0.15, -0.1) is 0 Å². The van der Waals surface area contributed by atoms with Crippen LogP contribution in [-0.2, 0) is 9.53 Å². The third kappa shape index (κ3) is 5.31. The number of rotatable bonds is 7. The second-order valence-corrected chi connectivity index (χ2v) is 6.03. The molecule has 1 unspecified atom stereocenters. The molecule has 0 aliphatic heterocycles. The lowest BCUT2D eigenvalue weighted by Crippen LogP contribution is -2.31. The molecule has 0 aliphatic carbocycles. The number of carbonyl (C=O) groups is 1. The van der Waals surface area contributed by atoms with Crippen molar-refractivity contribution in [1.82, 2.24) is 0 Å². The minimum atomic E-state index is -0.289. The van der Waals surface area contributed by atoms with E-state index < -0.39 is 0 Å². The number of benzene rings is 1. The molecule has 1 aromatic rings. The molecule has 5 heteroatoms. The van der Waals surface area contributed by atoms with E-state index in [1.54, 1.807) is 0 Å². The monoisotopic (exact) mass is 331 g/mol. The summed E-state index contributed by atoms with van der Waals surface area (Å²) < 4.78 is 5.81. The molecule has 0 bridgehead atoms. The topological polar surface area (TPSA) is 38.3 Å². The van der Waals surface area contributed by atoms with Crippen LogP contribution in [0.2, 0.25) is 0 Å². The summed E-state index contributed by atoms with van der Waals surface area (Å²) in [6.07, 6.45) is 0.762. The van der Waals surface area contributed by atoms with Crippen LogP contribution in [0.25, 0.3) is 0 Å². The zero-order chi connectivity index (χ0) is 13.4. The molecule has 0 aromatic heterocycles. The Bertz CT molecular complexity index is 387. The minimum Gasteiger partial charge on any atom is -0.467 e. The summed E-state index contributed by atoms with van der Waals surface area (Å²) in [7, 11) is 1.42. The van der Waals surface area contributed by atoms with Gasteiger partial charge >= 0.3 is 5.97 Å². The van der Waals surface area contributed by atoms with Crippen molar-refractivity contribution in [3.8, 4) is 0 Å². The van der Waals surface area contributed by atoms with Gasteiger partial charge in [-0.25, -0.2) is 4.79 Å². The Morgan fingerprint density at radius 1 is 1.56 bits per heavy atom. The Morgan fingerprint density at radius 2 is 2.33 bits per heavy atom. The van der Waals surface area contributed by atoms with Crippen LogP contribution in [-0.4, -0.2) is 30.6 Å². The van der Waals surface area contributed by atoms with Crippen molar-refractivity contribution in [3.05, 3.63) is 28.7 Å². The smallest absolute Gasteiger partial charge is 0.328 e. The Balaban J connectivity index is 2.62. The predicted octanol–water partition coefficient (Wildman–Crippen LogP) is 3.55. The van der Waals surface area contributed by atoms with Crippen molar-refractivity contribution < 1.29 is 9.53 Å². The fourth-order valence-electron chi connectivity index (χ4n) is 1.52. The van der Waals surface area contributed by atoms with Gasteiger partial charge in [0.15, 0.2) is 0 Å². The molecule has 0 heterocycles. The van der Waals surface area contributed by atoms with Crippen molar-refractivity contribution in [2.75, 3.05) is 23.9 Å². The van der Waals surface area contributed by atoms with E-state index in [4.69, 9.17) is 4.74 Å². The number of anilines is 1. The molecule has 18 heavy (non-hydrogen) atoms. The van der Waals surface area contributed by atoms with Gasteiger partial charge in [-0.3, -0.25) is 0 Å². The molecule has 1 rings (SSSR count). The number of halogens is 1. The van der Waals surface area contributed by atoms with Crippen LogP contribution < -0.4 is 5.32 Å². The molecule has 0 radical (unpaired) electrons. The third-order valence-corrected chi connectivity index (χ3v) is 3.83. The SMILES string of the molecule is CCSCCC(Nc1cccc(Br)c1)C(=O)OC. The molecule has 0 saturated heterocycles. The molecule has 0 amide bonds. The molecule has 100 valence electrons. The Labute approximate surface area is 121 Å². The largest absolute Gasteiger partial charge is 0.467 e. The predicted molar refractivity (Wildman–Crippen MR) is 81.2 cm³/mol. The lowest BCUT2D eigenvalue weighted by Gasteiger charge is -2.17. The summed E-state index contributed by atoms with van der Waals surface area (Å²) in [4.78, 5) is 11.7. The Kier molecular flexibility index (Phi) is 7.20. The average Bonchev–Trinajstić information content (AvgIpc) is 2.37. The quantitative estimate of drug-likeness (QED) is 0.612. The second kappa shape index (κ2) is 8.43. The van der Waals surface area contributed by atoms with Crippen LogP contribution in [0, 0.1) is 0 Å².